The minimum Gasteiger partial charge on any atom is -0.0843 e. The highest BCUT2D eigenvalue weighted by Crippen LogP contribution is 2.51. The predicted molar refractivity (Wildman–Crippen MR) is 130 cm³/mol. The fourth-order valence-corrected chi connectivity index (χ4v) is 7.01. The normalized spacial score (nSPS) is 10.7. The summed E-state index contributed by atoms with van der Waals surface area (Å²) in [5, 5.41) is 5.05. The zero-order valence-electron chi connectivity index (χ0n) is 15.7. The minimum absolute atomic E-state index is 0.763. The SMILES string of the molecule is C[P+](c1ccccc1)(c1ccccc1)c1ccccc1.Clc1cccc(Br)c1. The molecule has 0 saturated heterocycles. The van der Waals surface area contributed by atoms with Gasteiger partial charge in [-0.2, -0.15) is 0 Å². The van der Waals surface area contributed by atoms with E-state index in [1.165, 1.54) is 15.9 Å². The van der Waals surface area contributed by atoms with Crippen LogP contribution in [0.1, 0.15) is 0 Å². The molecule has 0 N–H and O–H groups in total. The molecule has 0 fully saturated rings. The quantitative estimate of drug-likeness (QED) is 0.293. The Kier molecular flexibility index (Phi) is 7.45. The molecule has 4 aromatic rings. The van der Waals surface area contributed by atoms with E-state index >= 15 is 0 Å². The lowest BCUT2D eigenvalue weighted by molar-refractivity contribution is 1.65. The summed E-state index contributed by atoms with van der Waals surface area (Å²) in [6.45, 7) is 2.41. The molecule has 0 heterocycles. The molecule has 140 valence electrons. The van der Waals surface area contributed by atoms with E-state index in [1.54, 1.807) is 0 Å². The van der Waals surface area contributed by atoms with Crippen molar-refractivity contribution < 1.29 is 0 Å². The maximum Gasteiger partial charge on any atom is 0.109 e. The van der Waals surface area contributed by atoms with Crippen LogP contribution in [0.5, 0.6) is 0 Å². The van der Waals surface area contributed by atoms with Crippen molar-refractivity contribution in [3.8, 4) is 0 Å². The highest BCUT2D eigenvalue weighted by Gasteiger charge is 2.39. The third kappa shape index (κ3) is 5.11. The van der Waals surface area contributed by atoms with Crippen LogP contribution in [-0.4, -0.2) is 6.66 Å². The van der Waals surface area contributed by atoms with Crippen LogP contribution < -0.4 is 15.9 Å². The van der Waals surface area contributed by atoms with Crippen molar-refractivity contribution in [2.24, 2.45) is 0 Å². The van der Waals surface area contributed by atoms with Crippen molar-refractivity contribution in [3.05, 3.63) is 125 Å². The van der Waals surface area contributed by atoms with E-state index in [0.29, 0.717) is 0 Å². The summed E-state index contributed by atoms with van der Waals surface area (Å²) >= 11 is 8.89. The molecule has 0 spiro atoms. The lowest BCUT2D eigenvalue weighted by atomic mass is 10.4. The lowest BCUT2D eigenvalue weighted by Gasteiger charge is -2.22. The molecule has 0 bridgehead atoms. The summed E-state index contributed by atoms with van der Waals surface area (Å²) in [6.07, 6.45) is 0. The Hall–Kier alpha value is -1.92. The van der Waals surface area contributed by atoms with Crippen molar-refractivity contribution in [1.82, 2.24) is 0 Å². The predicted octanol–water partition coefficient (Wildman–Crippen LogP) is 6.71. The van der Waals surface area contributed by atoms with Gasteiger partial charge in [0, 0.05) is 9.50 Å². The first kappa shape index (κ1) is 20.8. The Balaban J connectivity index is 0.000000236. The van der Waals surface area contributed by atoms with Crippen molar-refractivity contribution in [2.75, 3.05) is 6.66 Å². The van der Waals surface area contributed by atoms with E-state index in [9.17, 15) is 0 Å². The van der Waals surface area contributed by atoms with Crippen LogP contribution in [0.2, 0.25) is 5.02 Å². The van der Waals surface area contributed by atoms with Gasteiger partial charge in [-0.3, -0.25) is 0 Å². The number of benzene rings is 4. The smallest absolute Gasteiger partial charge is 0.0843 e. The van der Waals surface area contributed by atoms with Gasteiger partial charge in [0.05, 0.1) is 6.66 Å². The van der Waals surface area contributed by atoms with Crippen molar-refractivity contribution >= 4 is 50.7 Å². The lowest BCUT2D eigenvalue weighted by Crippen LogP contribution is -2.30. The van der Waals surface area contributed by atoms with Crippen LogP contribution in [-0.2, 0) is 0 Å². The molecular formula is C25H22BrClP+. The first-order valence-electron chi connectivity index (χ1n) is 9.05. The van der Waals surface area contributed by atoms with Crippen LogP contribution in [0.15, 0.2) is 120 Å². The Morgan fingerprint density at radius 2 is 0.964 bits per heavy atom. The Morgan fingerprint density at radius 1 is 0.571 bits per heavy atom. The van der Waals surface area contributed by atoms with Gasteiger partial charge in [0.25, 0.3) is 0 Å². The van der Waals surface area contributed by atoms with Crippen LogP contribution >= 0.6 is 34.8 Å². The van der Waals surface area contributed by atoms with Gasteiger partial charge in [-0.1, -0.05) is 88.2 Å². The molecule has 4 rings (SSSR count). The molecule has 0 aliphatic carbocycles. The fourth-order valence-electron chi connectivity index (χ4n) is 3.09. The third-order valence-corrected chi connectivity index (χ3v) is 9.33. The van der Waals surface area contributed by atoms with E-state index in [2.05, 4.69) is 114 Å². The molecule has 0 atom stereocenters. The van der Waals surface area contributed by atoms with E-state index in [1.807, 2.05) is 24.3 Å². The van der Waals surface area contributed by atoms with E-state index < -0.39 is 7.26 Å². The summed E-state index contributed by atoms with van der Waals surface area (Å²) in [6, 6.07) is 40.2. The molecule has 0 nitrogen and oxygen atoms in total. The first-order chi connectivity index (χ1) is 13.6. The zero-order valence-corrected chi connectivity index (χ0v) is 18.9. The van der Waals surface area contributed by atoms with Crippen LogP contribution in [0.3, 0.4) is 0 Å². The van der Waals surface area contributed by atoms with Crippen LogP contribution in [0, 0.1) is 0 Å². The molecule has 0 aromatic heterocycles. The third-order valence-electron chi connectivity index (χ3n) is 4.60. The van der Waals surface area contributed by atoms with Crippen LogP contribution in [0.4, 0.5) is 0 Å². The molecule has 0 unspecified atom stereocenters. The molecule has 0 amide bonds. The average Bonchev–Trinajstić information content (AvgIpc) is 2.75. The summed E-state index contributed by atoms with van der Waals surface area (Å²) in [5.41, 5.74) is 0. The Labute approximate surface area is 181 Å². The number of hydrogen-bond donors (Lipinski definition) is 0. The van der Waals surface area contributed by atoms with Gasteiger partial charge >= 0.3 is 0 Å². The number of halogens is 2. The Bertz CT molecular complexity index is 875. The van der Waals surface area contributed by atoms with E-state index in [-0.39, 0.29) is 0 Å². The fraction of sp³-hybridized carbons (Fsp3) is 0.0400. The zero-order chi connectivity index (χ0) is 19.8. The molecule has 4 aromatic carbocycles. The van der Waals surface area contributed by atoms with Gasteiger partial charge < -0.3 is 0 Å². The second-order valence-electron chi connectivity index (χ2n) is 6.45. The maximum atomic E-state index is 5.61. The van der Waals surface area contributed by atoms with Gasteiger partial charge in [-0.25, -0.2) is 0 Å². The topological polar surface area (TPSA) is 0 Å². The second-order valence-corrected chi connectivity index (χ2v) is 11.4. The summed E-state index contributed by atoms with van der Waals surface area (Å²) < 4.78 is 1.02. The van der Waals surface area contributed by atoms with Gasteiger partial charge in [0.1, 0.15) is 23.2 Å². The average molecular weight is 469 g/mol. The molecule has 0 radical (unpaired) electrons. The van der Waals surface area contributed by atoms with E-state index in [4.69, 9.17) is 11.6 Å². The first-order valence-corrected chi connectivity index (χ1v) is 12.5. The molecule has 3 heteroatoms. The maximum absolute atomic E-state index is 5.61. The molecule has 0 saturated carbocycles. The second kappa shape index (κ2) is 10.0. The van der Waals surface area contributed by atoms with Gasteiger partial charge in [0.15, 0.2) is 0 Å². The molecule has 0 aliphatic rings. The minimum atomic E-state index is -1.53. The number of rotatable bonds is 3. The summed E-state index contributed by atoms with van der Waals surface area (Å²) in [5.74, 6) is 0. The van der Waals surface area contributed by atoms with Crippen molar-refractivity contribution in [1.29, 1.82) is 0 Å². The molecular weight excluding hydrogens is 447 g/mol. The highest BCUT2D eigenvalue weighted by molar-refractivity contribution is 9.10. The van der Waals surface area contributed by atoms with Crippen molar-refractivity contribution in [2.45, 2.75) is 0 Å². The Morgan fingerprint density at radius 3 is 1.25 bits per heavy atom. The van der Waals surface area contributed by atoms with Gasteiger partial charge in [0.2, 0.25) is 0 Å². The molecule has 0 aliphatic heterocycles. The van der Waals surface area contributed by atoms with Crippen LogP contribution in [0.25, 0.3) is 0 Å². The standard InChI is InChI=1S/C19H18P.C6H4BrCl/c1-20(17-11-5-2-6-12-17,18-13-7-3-8-14-18)19-15-9-4-10-16-19;7-5-2-1-3-6(8)4-5/h2-16H,1H3;1-4H/q+1;. The molecule has 28 heavy (non-hydrogen) atoms. The van der Waals surface area contributed by atoms with Gasteiger partial charge in [-0.05, 0) is 54.6 Å². The summed E-state index contributed by atoms with van der Waals surface area (Å²) in [7, 11) is -1.53. The highest BCUT2D eigenvalue weighted by atomic mass is 79.9. The number of hydrogen-bond acceptors (Lipinski definition) is 0. The van der Waals surface area contributed by atoms with Gasteiger partial charge in [-0.15, -0.1) is 0 Å². The summed E-state index contributed by atoms with van der Waals surface area (Å²) in [4.78, 5) is 0. The monoisotopic (exact) mass is 467 g/mol. The largest absolute Gasteiger partial charge is 0.109 e. The van der Waals surface area contributed by atoms with Crippen molar-refractivity contribution in [3.63, 3.8) is 0 Å². The van der Waals surface area contributed by atoms with E-state index in [0.717, 1.165) is 9.50 Å².